The van der Waals surface area contributed by atoms with Gasteiger partial charge in [-0.2, -0.15) is 0 Å². The van der Waals surface area contributed by atoms with Crippen LogP contribution in [0, 0.1) is 6.92 Å². The number of hydrogen-bond acceptors (Lipinski definition) is 2. The Bertz CT molecular complexity index is 638. The molecule has 23 heavy (non-hydrogen) atoms. The van der Waals surface area contributed by atoms with Crippen LogP contribution in [0.15, 0.2) is 47.6 Å². The van der Waals surface area contributed by atoms with Crippen LogP contribution in [0.25, 0.3) is 0 Å². The number of rotatable bonds is 6. The number of benzene rings is 1. The van der Waals surface area contributed by atoms with Crippen LogP contribution in [-0.4, -0.2) is 31.1 Å². The molecule has 0 radical (unpaired) electrons. The topological polar surface area (TPSA) is 49.3 Å². The molecule has 0 unspecified atom stereocenters. The molecule has 2 N–H and O–H groups in total. The fourth-order valence-electron chi connectivity index (χ4n) is 2.31. The molecular weight excluding hydrogens is 308 g/mol. The van der Waals surface area contributed by atoms with Crippen LogP contribution < -0.4 is 10.6 Å². The van der Waals surface area contributed by atoms with Gasteiger partial charge in [-0.05, 0) is 42.5 Å². The van der Waals surface area contributed by atoms with Gasteiger partial charge in [-0.15, -0.1) is 0 Å². The van der Waals surface area contributed by atoms with Crippen molar-refractivity contribution in [3.8, 4) is 0 Å². The standard InChI is InChI=1S/C18H23ClN4/c1-14-5-3-4-6-16(14)10-12-22-18(20-2)21-11-9-15-7-8-17(19)23-13-15/h3-8,13H,9-12H2,1-2H3,(H2,20,21,22). The van der Waals surface area contributed by atoms with E-state index in [2.05, 4.69) is 51.8 Å². The van der Waals surface area contributed by atoms with Crippen LogP contribution in [-0.2, 0) is 12.8 Å². The molecule has 0 aliphatic heterocycles. The maximum Gasteiger partial charge on any atom is 0.190 e. The fraction of sp³-hybridized carbons (Fsp3) is 0.333. The van der Waals surface area contributed by atoms with Gasteiger partial charge in [0.2, 0.25) is 0 Å². The van der Waals surface area contributed by atoms with E-state index in [4.69, 9.17) is 11.6 Å². The van der Waals surface area contributed by atoms with Gasteiger partial charge in [-0.3, -0.25) is 4.99 Å². The van der Waals surface area contributed by atoms with Gasteiger partial charge in [0.15, 0.2) is 5.96 Å². The highest BCUT2D eigenvalue weighted by Crippen LogP contribution is 2.07. The average Bonchev–Trinajstić information content (AvgIpc) is 2.57. The number of guanidine groups is 1. The molecule has 0 atom stereocenters. The van der Waals surface area contributed by atoms with Crippen molar-refractivity contribution < 1.29 is 0 Å². The first-order chi connectivity index (χ1) is 11.2. The minimum Gasteiger partial charge on any atom is -0.356 e. The van der Waals surface area contributed by atoms with Gasteiger partial charge in [0.25, 0.3) is 0 Å². The third-order valence-corrected chi connectivity index (χ3v) is 3.89. The molecule has 5 heteroatoms. The zero-order valence-electron chi connectivity index (χ0n) is 13.6. The van der Waals surface area contributed by atoms with Crippen molar-refractivity contribution in [2.24, 2.45) is 4.99 Å². The van der Waals surface area contributed by atoms with E-state index in [1.807, 2.05) is 12.1 Å². The lowest BCUT2D eigenvalue weighted by atomic mass is 10.1. The van der Waals surface area contributed by atoms with Crippen molar-refractivity contribution in [3.63, 3.8) is 0 Å². The second kappa shape index (κ2) is 9.16. The predicted molar refractivity (Wildman–Crippen MR) is 97.2 cm³/mol. The minimum absolute atomic E-state index is 0.524. The summed E-state index contributed by atoms with van der Waals surface area (Å²) in [5.41, 5.74) is 3.84. The number of hydrogen-bond donors (Lipinski definition) is 2. The molecule has 122 valence electrons. The van der Waals surface area contributed by atoms with E-state index >= 15 is 0 Å². The van der Waals surface area contributed by atoms with Gasteiger partial charge in [0, 0.05) is 26.3 Å². The van der Waals surface area contributed by atoms with Crippen LogP contribution in [0.5, 0.6) is 0 Å². The predicted octanol–water partition coefficient (Wildman–Crippen LogP) is 2.99. The molecule has 0 amide bonds. The highest BCUT2D eigenvalue weighted by molar-refractivity contribution is 6.29. The third-order valence-electron chi connectivity index (χ3n) is 3.67. The number of halogens is 1. The van der Waals surface area contributed by atoms with Crippen LogP contribution in [0.1, 0.15) is 16.7 Å². The number of nitrogens with one attached hydrogen (secondary N) is 2. The first kappa shape index (κ1) is 17.3. The summed E-state index contributed by atoms with van der Waals surface area (Å²) in [6.45, 7) is 3.79. The summed E-state index contributed by atoms with van der Waals surface area (Å²) in [5, 5.41) is 7.18. The molecule has 2 rings (SSSR count). The van der Waals surface area contributed by atoms with Crippen LogP contribution in [0.4, 0.5) is 0 Å². The average molecular weight is 331 g/mol. The van der Waals surface area contributed by atoms with Gasteiger partial charge in [-0.1, -0.05) is 41.9 Å². The SMILES string of the molecule is CN=C(NCCc1ccc(Cl)nc1)NCCc1ccccc1C. The summed E-state index contributed by atoms with van der Waals surface area (Å²) in [6, 6.07) is 12.3. The second-order valence-corrected chi connectivity index (χ2v) is 5.73. The highest BCUT2D eigenvalue weighted by atomic mass is 35.5. The van der Waals surface area contributed by atoms with Gasteiger partial charge < -0.3 is 10.6 Å². The second-order valence-electron chi connectivity index (χ2n) is 5.34. The Morgan fingerprint density at radius 1 is 1.09 bits per heavy atom. The maximum atomic E-state index is 5.78. The molecule has 0 spiro atoms. The summed E-state index contributed by atoms with van der Waals surface area (Å²) in [7, 11) is 1.78. The molecule has 0 bridgehead atoms. The Morgan fingerprint density at radius 2 is 1.83 bits per heavy atom. The van der Waals surface area contributed by atoms with Crippen molar-refractivity contribution in [3.05, 3.63) is 64.4 Å². The van der Waals surface area contributed by atoms with Crippen LogP contribution in [0.2, 0.25) is 5.15 Å². The monoisotopic (exact) mass is 330 g/mol. The summed E-state index contributed by atoms with van der Waals surface area (Å²) >= 11 is 5.78. The van der Waals surface area contributed by atoms with E-state index < -0.39 is 0 Å². The molecule has 0 saturated carbocycles. The van der Waals surface area contributed by atoms with E-state index in [9.17, 15) is 0 Å². The Kier molecular flexibility index (Phi) is 6.88. The summed E-state index contributed by atoms with van der Waals surface area (Å²) in [4.78, 5) is 8.32. The van der Waals surface area contributed by atoms with Crippen molar-refractivity contribution in [2.75, 3.05) is 20.1 Å². The highest BCUT2D eigenvalue weighted by Gasteiger charge is 2.00. The molecular formula is C18H23ClN4. The zero-order chi connectivity index (χ0) is 16.5. The molecule has 1 heterocycles. The van der Waals surface area contributed by atoms with E-state index in [0.717, 1.165) is 37.5 Å². The number of nitrogens with zero attached hydrogens (tertiary/aromatic N) is 2. The normalized spacial score (nSPS) is 11.3. The minimum atomic E-state index is 0.524. The molecule has 0 fully saturated rings. The molecule has 4 nitrogen and oxygen atoms in total. The lowest BCUT2D eigenvalue weighted by molar-refractivity contribution is 0.781. The lowest BCUT2D eigenvalue weighted by Gasteiger charge is -2.12. The molecule has 0 aliphatic carbocycles. The lowest BCUT2D eigenvalue weighted by Crippen LogP contribution is -2.39. The Morgan fingerprint density at radius 3 is 2.48 bits per heavy atom. The third kappa shape index (κ3) is 5.91. The Balaban J connectivity index is 1.71. The summed E-state index contributed by atoms with van der Waals surface area (Å²) < 4.78 is 0. The smallest absolute Gasteiger partial charge is 0.190 e. The van der Waals surface area contributed by atoms with Gasteiger partial charge in [-0.25, -0.2) is 4.98 Å². The number of pyridine rings is 1. The van der Waals surface area contributed by atoms with Crippen LogP contribution >= 0.6 is 11.6 Å². The first-order valence-electron chi connectivity index (χ1n) is 7.78. The van der Waals surface area contributed by atoms with E-state index in [1.54, 1.807) is 13.2 Å². The number of aromatic nitrogens is 1. The molecule has 1 aromatic heterocycles. The van der Waals surface area contributed by atoms with Gasteiger partial charge in [0.05, 0.1) is 0 Å². The van der Waals surface area contributed by atoms with E-state index in [1.165, 1.54) is 11.1 Å². The Labute approximate surface area is 143 Å². The first-order valence-corrected chi connectivity index (χ1v) is 8.16. The van der Waals surface area contributed by atoms with Crippen LogP contribution in [0.3, 0.4) is 0 Å². The van der Waals surface area contributed by atoms with Gasteiger partial charge in [0.1, 0.15) is 5.15 Å². The quantitative estimate of drug-likeness (QED) is 0.486. The molecule has 0 saturated heterocycles. The zero-order valence-corrected chi connectivity index (χ0v) is 14.4. The largest absolute Gasteiger partial charge is 0.356 e. The number of aliphatic imine (C=N–C) groups is 1. The Hall–Kier alpha value is -2.07. The van der Waals surface area contributed by atoms with Gasteiger partial charge >= 0.3 is 0 Å². The van der Waals surface area contributed by atoms with Crippen molar-refractivity contribution in [1.29, 1.82) is 0 Å². The summed E-state index contributed by atoms with van der Waals surface area (Å²) in [6.07, 6.45) is 3.66. The van der Waals surface area contributed by atoms with Crippen molar-refractivity contribution >= 4 is 17.6 Å². The molecule has 0 aliphatic rings. The van der Waals surface area contributed by atoms with E-state index in [0.29, 0.717) is 5.15 Å². The maximum absolute atomic E-state index is 5.78. The summed E-state index contributed by atoms with van der Waals surface area (Å²) in [5.74, 6) is 0.820. The van der Waals surface area contributed by atoms with Crippen molar-refractivity contribution in [1.82, 2.24) is 15.6 Å². The molecule has 1 aromatic carbocycles. The number of aryl methyl sites for hydroxylation is 1. The van der Waals surface area contributed by atoms with E-state index in [-0.39, 0.29) is 0 Å². The van der Waals surface area contributed by atoms with Crippen molar-refractivity contribution in [2.45, 2.75) is 19.8 Å². The molecule has 2 aromatic rings. The fourth-order valence-corrected chi connectivity index (χ4v) is 2.42.